The summed E-state index contributed by atoms with van der Waals surface area (Å²) in [5, 5.41) is 1.77. The van der Waals surface area contributed by atoms with Crippen LogP contribution < -0.4 is 11.1 Å². The van der Waals surface area contributed by atoms with Gasteiger partial charge >= 0.3 is 12.3 Å². The van der Waals surface area contributed by atoms with Gasteiger partial charge in [0.15, 0.2) is 0 Å². The summed E-state index contributed by atoms with van der Waals surface area (Å²) in [4.78, 5) is 11.6. The van der Waals surface area contributed by atoms with Gasteiger partial charge in [0.05, 0.1) is 17.5 Å². The van der Waals surface area contributed by atoms with E-state index in [4.69, 9.17) is 18.0 Å². The highest BCUT2D eigenvalue weighted by atomic mass is 32.1. The van der Waals surface area contributed by atoms with Crippen molar-refractivity contribution in [3.8, 4) is 0 Å². The average molecular weight is 322 g/mol. The van der Waals surface area contributed by atoms with Crippen molar-refractivity contribution in [2.75, 3.05) is 6.54 Å². The molecule has 1 atom stereocenters. The van der Waals surface area contributed by atoms with Crippen LogP contribution in [-0.2, 0) is 11.2 Å². The Hall–Kier alpha value is -1.70. The van der Waals surface area contributed by atoms with Crippen LogP contribution in [0.1, 0.15) is 5.56 Å². The van der Waals surface area contributed by atoms with E-state index in [2.05, 4.69) is 0 Å². The quantitative estimate of drug-likeness (QED) is 0.597. The minimum absolute atomic E-state index is 0.113. The van der Waals surface area contributed by atoms with Crippen molar-refractivity contribution in [3.63, 3.8) is 0 Å². The summed E-state index contributed by atoms with van der Waals surface area (Å²) >= 11 is 4.73. The topological polar surface area (TPSA) is 55.1 Å². The summed E-state index contributed by atoms with van der Waals surface area (Å²) in [5.41, 5.74) is 6.15. The van der Waals surface area contributed by atoms with E-state index in [1.165, 1.54) is 0 Å². The molecule has 0 saturated carbocycles. The van der Waals surface area contributed by atoms with Crippen molar-refractivity contribution < 1.29 is 22.4 Å². The first-order chi connectivity index (χ1) is 9.74. The van der Waals surface area contributed by atoms with Gasteiger partial charge in [0.2, 0.25) is 5.91 Å². The van der Waals surface area contributed by atoms with Gasteiger partial charge in [-0.3, -0.25) is 4.79 Å². The summed E-state index contributed by atoms with van der Waals surface area (Å²) in [5.74, 6) is -6.22. The maximum absolute atomic E-state index is 12.8. The molecule has 116 valence electrons. The van der Waals surface area contributed by atoms with Gasteiger partial charge in [-0.1, -0.05) is 42.5 Å². The van der Waals surface area contributed by atoms with Crippen LogP contribution in [-0.4, -0.2) is 29.8 Å². The highest BCUT2D eigenvalue weighted by Gasteiger charge is 2.41. The lowest BCUT2D eigenvalue weighted by Gasteiger charge is -2.19. The number of thiocarbonyl (C=S) groups is 1. The summed E-state index contributed by atoms with van der Waals surface area (Å²) in [7, 11) is 0. The molecule has 8 heteroatoms. The lowest BCUT2D eigenvalue weighted by atomic mass is 9.98. The van der Waals surface area contributed by atoms with Gasteiger partial charge < -0.3 is 11.1 Å². The molecule has 0 aromatic heterocycles. The van der Waals surface area contributed by atoms with E-state index in [0.717, 1.165) is 5.56 Å². The largest absolute Gasteiger partial charge is 0.393 e. The van der Waals surface area contributed by atoms with Crippen LogP contribution in [0.3, 0.4) is 0 Å². The normalized spacial score (nSPS) is 13.0. The molecule has 0 spiro atoms. The van der Waals surface area contributed by atoms with Gasteiger partial charge in [0.25, 0.3) is 0 Å². The number of hydrogen-bond donors (Lipinski definition) is 2. The van der Waals surface area contributed by atoms with Crippen molar-refractivity contribution >= 4 is 23.1 Å². The van der Waals surface area contributed by atoms with Crippen molar-refractivity contribution in [2.24, 2.45) is 11.7 Å². The third-order valence-electron chi connectivity index (χ3n) is 2.76. The molecule has 1 aromatic rings. The Morgan fingerprint density at radius 1 is 1.29 bits per heavy atom. The Labute approximate surface area is 124 Å². The van der Waals surface area contributed by atoms with Crippen molar-refractivity contribution in [1.82, 2.24) is 5.32 Å². The van der Waals surface area contributed by atoms with Crippen molar-refractivity contribution in [1.29, 1.82) is 0 Å². The first kappa shape index (κ1) is 17.4. The van der Waals surface area contributed by atoms with E-state index in [1.807, 2.05) is 0 Å². The molecule has 0 bridgehead atoms. The van der Waals surface area contributed by atoms with E-state index < -0.39 is 30.7 Å². The molecule has 21 heavy (non-hydrogen) atoms. The molecule has 0 radical (unpaired) electrons. The summed E-state index contributed by atoms with van der Waals surface area (Å²) in [6, 6.07) is 8.66. The van der Waals surface area contributed by atoms with Gasteiger partial charge in [-0.2, -0.15) is 8.78 Å². The summed E-state index contributed by atoms with van der Waals surface area (Å²) in [6.45, 7) is -1.46. The zero-order chi connectivity index (χ0) is 16.0. The molecule has 0 fully saturated rings. The molecule has 0 aliphatic carbocycles. The standard InChI is InChI=1S/C13H14F4N2OS/c14-12(15)13(16,17)7-19-11(20)9(10(18)21)6-8-4-2-1-3-5-8/h1-5,9,12H,6-7H2,(H2,18,21)(H,19,20). The average Bonchev–Trinajstić information content (AvgIpc) is 2.43. The van der Waals surface area contributed by atoms with Gasteiger partial charge in [0, 0.05) is 0 Å². The van der Waals surface area contributed by atoms with E-state index in [1.54, 1.807) is 35.6 Å². The number of halogens is 4. The van der Waals surface area contributed by atoms with E-state index in [0.29, 0.717) is 0 Å². The van der Waals surface area contributed by atoms with Crippen LogP contribution in [0, 0.1) is 5.92 Å². The fourth-order valence-electron chi connectivity index (χ4n) is 1.58. The van der Waals surface area contributed by atoms with E-state index >= 15 is 0 Å². The number of carbonyl (C=O) groups excluding carboxylic acids is 1. The number of hydrogen-bond acceptors (Lipinski definition) is 2. The summed E-state index contributed by atoms with van der Waals surface area (Å²) in [6.07, 6.45) is -3.74. The third kappa shape index (κ3) is 5.30. The molecule has 0 aliphatic heterocycles. The third-order valence-corrected chi connectivity index (χ3v) is 3.04. The van der Waals surface area contributed by atoms with Gasteiger partial charge in [-0.25, -0.2) is 8.78 Å². The zero-order valence-corrected chi connectivity index (χ0v) is 11.7. The van der Waals surface area contributed by atoms with Gasteiger partial charge in [-0.15, -0.1) is 0 Å². The maximum Gasteiger partial charge on any atom is 0.324 e. The predicted octanol–water partition coefficient (Wildman–Crippen LogP) is 2.15. The first-order valence-electron chi connectivity index (χ1n) is 6.01. The Bertz CT molecular complexity index is 496. The van der Waals surface area contributed by atoms with Crippen molar-refractivity contribution in [3.05, 3.63) is 35.9 Å². The lowest BCUT2D eigenvalue weighted by molar-refractivity contribution is -0.137. The molecule has 1 aromatic carbocycles. The highest BCUT2D eigenvalue weighted by Crippen LogP contribution is 2.21. The van der Waals surface area contributed by atoms with E-state index in [9.17, 15) is 22.4 Å². The number of benzene rings is 1. The monoisotopic (exact) mass is 322 g/mol. The Kier molecular flexibility index (Phi) is 6.07. The number of amides is 1. The fourth-order valence-corrected chi connectivity index (χ4v) is 1.77. The van der Waals surface area contributed by atoms with Crippen LogP contribution in [0.2, 0.25) is 0 Å². The minimum Gasteiger partial charge on any atom is -0.393 e. The Morgan fingerprint density at radius 2 is 1.86 bits per heavy atom. The van der Waals surface area contributed by atoms with Crippen LogP contribution in [0.5, 0.6) is 0 Å². The van der Waals surface area contributed by atoms with Gasteiger partial charge in [0.1, 0.15) is 0 Å². The molecule has 1 unspecified atom stereocenters. The molecule has 0 heterocycles. The van der Waals surface area contributed by atoms with Crippen LogP contribution in [0.15, 0.2) is 30.3 Å². The predicted molar refractivity (Wildman–Crippen MR) is 74.4 cm³/mol. The molecular formula is C13H14F4N2OS. The number of rotatable bonds is 7. The molecule has 1 amide bonds. The first-order valence-corrected chi connectivity index (χ1v) is 6.42. The second-order valence-corrected chi connectivity index (χ2v) is 4.90. The van der Waals surface area contributed by atoms with Crippen molar-refractivity contribution in [2.45, 2.75) is 18.8 Å². The molecule has 0 saturated heterocycles. The van der Waals surface area contributed by atoms with Crippen LogP contribution in [0.4, 0.5) is 17.6 Å². The van der Waals surface area contributed by atoms with Crippen LogP contribution in [0.25, 0.3) is 0 Å². The molecular weight excluding hydrogens is 308 g/mol. The summed E-state index contributed by atoms with van der Waals surface area (Å²) < 4.78 is 49.6. The molecule has 0 aliphatic rings. The second kappa shape index (κ2) is 7.35. The Morgan fingerprint density at radius 3 is 2.33 bits per heavy atom. The maximum atomic E-state index is 12.8. The molecule has 3 N–H and O–H groups in total. The number of nitrogens with two attached hydrogens (primary N) is 1. The molecule has 1 rings (SSSR count). The number of nitrogens with one attached hydrogen (secondary N) is 1. The minimum atomic E-state index is -4.29. The Balaban J connectivity index is 2.69. The number of carbonyl (C=O) groups is 1. The zero-order valence-electron chi connectivity index (χ0n) is 10.9. The molecule has 3 nitrogen and oxygen atoms in total. The van der Waals surface area contributed by atoms with E-state index in [-0.39, 0.29) is 11.4 Å². The fraction of sp³-hybridized carbons (Fsp3) is 0.385. The van der Waals surface area contributed by atoms with Crippen LogP contribution >= 0.6 is 12.2 Å². The smallest absolute Gasteiger partial charge is 0.324 e. The second-order valence-electron chi connectivity index (χ2n) is 4.42. The highest BCUT2D eigenvalue weighted by molar-refractivity contribution is 7.80. The lowest BCUT2D eigenvalue weighted by Crippen LogP contribution is -2.46. The van der Waals surface area contributed by atoms with Gasteiger partial charge in [-0.05, 0) is 12.0 Å². The SMILES string of the molecule is NC(=S)C(Cc1ccccc1)C(=O)NCC(F)(F)C(F)F. The number of alkyl halides is 4.